The van der Waals surface area contributed by atoms with E-state index in [4.69, 9.17) is 13.9 Å². The quantitative estimate of drug-likeness (QED) is 0.608. The lowest BCUT2D eigenvalue weighted by molar-refractivity contribution is 0.0947. The number of hydrogen-bond donors (Lipinski definition) is 2. The van der Waals surface area contributed by atoms with Gasteiger partial charge in [0.05, 0.1) is 38.2 Å². The van der Waals surface area contributed by atoms with Crippen molar-refractivity contribution in [3.8, 4) is 11.5 Å². The number of methoxy groups -OCH3 is 2. The number of carbonyl (C=O) groups is 2. The number of furan rings is 1. The van der Waals surface area contributed by atoms with Crippen molar-refractivity contribution in [2.75, 3.05) is 14.2 Å². The Kier molecular flexibility index (Phi) is 6.47. The first kappa shape index (κ1) is 19.9. The number of aromatic nitrogens is 1. The van der Waals surface area contributed by atoms with Crippen LogP contribution in [0.2, 0.25) is 0 Å². The summed E-state index contributed by atoms with van der Waals surface area (Å²) in [4.78, 5) is 28.7. The highest BCUT2D eigenvalue weighted by Gasteiger charge is 2.12. The van der Waals surface area contributed by atoms with Crippen LogP contribution in [0.15, 0.2) is 59.5 Å². The Bertz CT molecular complexity index is 986. The molecule has 150 valence electrons. The second kappa shape index (κ2) is 9.41. The number of rotatable bonds is 8. The molecule has 2 N–H and O–H groups in total. The maximum Gasteiger partial charge on any atom is 0.253 e. The smallest absolute Gasteiger partial charge is 0.253 e. The summed E-state index contributed by atoms with van der Waals surface area (Å²) in [6.07, 6.45) is 4.35. The molecule has 3 aromatic rings. The summed E-state index contributed by atoms with van der Waals surface area (Å²) in [7, 11) is 3.11. The van der Waals surface area contributed by atoms with E-state index in [9.17, 15) is 9.59 Å². The highest BCUT2D eigenvalue weighted by atomic mass is 16.5. The monoisotopic (exact) mass is 395 g/mol. The molecule has 0 saturated heterocycles. The van der Waals surface area contributed by atoms with Gasteiger partial charge in [0.1, 0.15) is 5.76 Å². The van der Waals surface area contributed by atoms with Crippen molar-refractivity contribution in [2.24, 2.45) is 0 Å². The van der Waals surface area contributed by atoms with E-state index in [0.717, 1.165) is 5.56 Å². The molecule has 1 aromatic carbocycles. The van der Waals surface area contributed by atoms with Gasteiger partial charge in [-0.15, -0.1) is 0 Å². The van der Waals surface area contributed by atoms with Gasteiger partial charge < -0.3 is 24.5 Å². The summed E-state index contributed by atoms with van der Waals surface area (Å²) in [6, 6.07) is 10.4. The average molecular weight is 395 g/mol. The van der Waals surface area contributed by atoms with E-state index in [1.54, 1.807) is 38.5 Å². The topological polar surface area (TPSA) is 103 Å². The van der Waals surface area contributed by atoms with E-state index < -0.39 is 0 Å². The van der Waals surface area contributed by atoms with E-state index >= 15 is 0 Å². The molecule has 0 unspecified atom stereocenters. The van der Waals surface area contributed by atoms with Gasteiger partial charge in [-0.3, -0.25) is 14.6 Å². The molecule has 2 amide bonds. The largest absolute Gasteiger partial charge is 0.493 e. The van der Waals surface area contributed by atoms with Crippen molar-refractivity contribution < 1.29 is 23.5 Å². The third-order valence-corrected chi connectivity index (χ3v) is 4.17. The van der Waals surface area contributed by atoms with Gasteiger partial charge in [-0.25, -0.2) is 0 Å². The molecule has 8 nitrogen and oxygen atoms in total. The summed E-state index contributed by atoms with van der Waals surface area (Å²) in [5.74, 6) is 1.14. The molecule has 2 aromatic heterocycles. The molecule has 3 rings (SSSR count). The van der Waals surface area contributed by atoms with E-state index in [1.807, 2.05) is 6.07 Å². The number of pyridine rings is 1. The first-order valence-corrected chi connectivity index (χ1v) is 8.85. The Hall–Kier alpha value is -3.81. The number of hydrogen-bond acceptors (Lipinski definition) is 6. The molecule has 0 radical (unpaired) electrons. The zero-order valence-electron chi connectivity index (χ0n) is 16.1. The second-order valence-corrected chi connectivity index (χ2v) is 6.10. The van der Waals surface area contributed by atoms with Crippen LogP contribution in [-0.4, -0.2) is 31.0 Å². The summed E-state index contributed by atoms with van der Waals surface area (Å²) < 4.78 is 15.6. The molecule has 0 aliphatic rings. The zero-order valence-corrected chi connectivity index (χ0v) is 16.1. The lowest BCUT2D eigenvalue weighted by Crippen LogP contribution is -2.25. The molecule has 2 heterocycles. The Morgan fingerprint density at radius 3 is 2.24 bits per heavy atom. The van der Waals surface area contributed by atoms with E-state index in [-0.39, 0.29) is 36.0 Å². The number of nitrogens with one attached hydrogen (secondary N) is 2. The van der Waals surface area contributed by atoms with Crippen molar-refractivity contribution in [2.45, 2.75) is 13.1 Å². The molecule has 0 fully saturated rings. The van der Waals surface area contributed by atoms with Crippen molar-refractivity contribution >= 4 is 11.8 Å². The van der Waals surface area contributed by atoms with Crippen molar-refractivity contribution in [3.63, 3.8) is 0 Å². The summed E-state index contributed by atoms with van der Waals surface area (Å²) in [6.45, 7) is 0.537. The minimum absolute atomic E-state index is 0.252. The van der Waals surface area contributed by atoms with Gasteiger partial charge in [0.25, 0.3) is 11.8 Å². The molecule has 29 heavy (non-hydrogen) atoms. The van der Waals surface area contributed by atoms with E-state index in [1.165, 1.54) is 24.7 Å². The molecule has 0 atom stereocenters. The summed E-state index contributed by atoms with van der Waals surface area (Å²) in [5.41, 5.74) is 1.42. The van der Waals surface area contributed by atoms with Crippen molar-refractivity contribution in [3.05, 3.63) is 77.5 Å². The van der Waals surface area contributed by atoms with Crippen LogP contribution in [0.5, 0.6) is 11.5 Å². The second-order valence-electron chi connectivity index (χ2n) is 6.10. The molecular weight excluding hydrogens is 374 g/mol. The van der Waals surface area contributed by atoms with Crippen LogP contribution >= 0.6 is 0 Å². The molecule has 0 saturated carbocycles. The Balaban J connectivity index is 1.61. The molecule has 0 spiro atoms. The number of ether oxygens (including phenoxy) is 2. The molecular formula is C21H21N3O5. The maximum absolute atomic E-state index is 12.5. The van der Waals surface area contributed by atoms with Gasteiger partial charge in [-0.1, -0.05) is 6.07 Å². The van der Waals surface area contributed by atoms with Gasteiger partial charge in [-0.2, -0.15) is 0 Å². The van der Waals surface area contributed by atoms with Gasteiger partial charge >= 0.3 is 0 Å². The van der Waals surface area contributed by atoms with Crippen molar-refractivity contribution in [1.82, 2.24) is 15.6 Å². The number of amides is 2. The van der Waals surface area contributed by atoms with Crippen LogP contribution < -0.4 is 20.1 Å². The lowest BCUT2D eigenvalue weighted by atomic mass is 10.1. The molecule has 0 aliphatic carbocycles. The Morgan fingerprint density at radius 2 is 1.62 bits per heavy atom. The number of carbonyl (C=O) groups excluding carboxylic acids is 2. The molecule has 0 bridgehead atoms. The third-order valence-electron chi connectivity index (χ3n) is 4.17. The highest BCUT2D eigenvalue weighted by molar-refractivity contribution is 5.99. The fraction of sp³-hybridized carbons (Fsp3) is 0.190. The molecule has 0 aliphatic heterocycles. The normalized spacial score (nSPS) is 10.3. The predicted molar refractivity (Wildman–Crippen MR) is 105 cm³/mol. The Labute approximate surface area is 167 Å². The minimum Gasteiger partial charge on any atom is -0.493 e. The average Bonchev–Trinajstić information content (AvgIpc) is 3.29. The van der Waals surface area contributed by atoms with Gasteiger partial charge in [-0.05, 0) is 35.9 Å². The van der Waals surface area contributed by atoms with Crippen LogP contribution in [0.25, 0.3) is 0 Å². The van der Waals surface area contributed by atoms with Crippen LogP contribution in [0, 0.1) is 0 Å². The SMILES string of the molecule is COc1ccc(CNC(=O)c2cncc(C(=O)NCc3ccco3)c2)cc1OC. The maximum atomic E-state index is 12.5. The standard InChI is InChI=1S/C21H21N3O5/c1-27-18-6-5-14(8-19(18)28-2)10-23-20(25)15-9-16(12-22-11-15)21(26)24-13-17-4-3-7-29-17/h3-9,11-12H,10,13H2,1-2H3,(H,23,25)(H,24,26). The van der Waals surface area contributed by atoms with Gasteiger partial charge in [0.15, 0.2) is 11.5 Å². The van der Waals surface area contributed by atoms with Crippen LogP contribution in [0.3, 0.4) is 0 Å². The first-order valence-electron chi connectivity index (χ1n) is 8.85. The summed E-state index contributed by atoms with van der Waals surface area (Å²) >= 11 is 0. The van der Waals surface area contributed by atoms with Gasteiger partial charge in [0.2, 0.25) is 0 Å². The highest BCUT2D eigenvalue weighted by Crippen LogP contribution is 2.27. The summed E-state index contributed by atoms with van der Waals surface area (Å²) in [5, 5.41) is 5.52. The lowest BCUT2D eigenvalue weighted by Gasteiger charge is -2.10. The van der Waals surface area contributed by atoms with E-state index in [2.05, 4.69) is 15.6 Å². The fourth-order valence-corrected chi connectivity index (χ4v) is 2.65. The Morgan fingerprint density at radius 1 is 0.931 bits per heavy atom. The number of nitrogens with zero attached hydrogens (tertiary/aromatic N) is 1. The first-order chi connectivity index (χ1) is 14.1. The van der Waals surface area contributed by atoms with Crippen LogP contribution in [0.1, 0.15) is 32.0 Å². The molecule has 8 heteroatoms. The van der Waals surface area contributed by atoms with Crippen LogP contribution in [-0.2, 0) is 13.1 Å². The van der Waals surface area contributed by atoms with Crippen molar-refractivity contribution in [1.29, 1.82) is 0 Å². The third kappa shape index (κ3) is 5.13. The van der Waals surface area contributed by atoms with E-state index in [0.29, 0.717) is 17.3 Å². The zero-order chi connectivity index (χ0) is 20.6. The van der Waals surface area contributed by atoms with Gasteiger partial charge in [0, 0.05) is 18.9 Å². The predicted octanol–water partition coefficient (Wildman–Crippen LogP) is 2.55. The number of benzene rings is 1. The van der Waals surface area contributed by atoms with Crippen LogP contribution in [0.4, 0.5) is 0 Å². The minimum atomic E-state index is -0.344. The fourth-order valence-electron chi connectivity index (χ4n) is 2.65.